The van der Waals surface area contributed by atoms with E-state index in [4.69, 9.17) is 9.47 Å². The highest BCUT2D eigenvalue weighted by Gasteiger charge is 2.26. The first-order valence-corrected chi connectivity index (χ1v) is 10.3. The van der Waals surface area contributed by atoms with E-state index in [9.17, 15) is 10.2 Å². The third kappa shape index (κ3) is 5.85. The SMILES string of the molecule is CCOc1ccc(CN2CCN(Cc3ccc(O)c(OC)c3)CC2CCO)cc1. The lowest BCUT2D eigenvalue weighted by Gasteiger charge is -2.41. The van der Waals surface area contributed by atoms with Gasteiger partial charge in [-0.15, -0.1) is 0 Å². The molecule has 1 saturated heterocycles. The minimum absolute atomic E-state index is 0.162. The molecule has 158 valence electrons. The lowest BCUT2D eigenvalue weighted by Crippen LogP contribution is -2.52. The lowest BCUT2D eigenvalue weighted by atomic mass is 10.1. The molecule has 0 amide bonds. The van der Waals surface area contributed by atoms with E-state index in [1.165, 1.54) is 5.56 Å². The summed E-state index contributed by atoms with van der Waals surface area (Å²) in [7, 11) is 1.57. The summed E-state index contributed by atoms with van der Waals surface area (Å²) in [4.78, 5) is 4.86. The molecule has 1 aliphatic rings. The number of aliphatic hydroxyl groups excluding tert-OH is 1. The summed E-state index contributed by atoms with van der Waals surface area (Å²) in [5.41, 5.74) is 2.37. The van der Waals surface area contributed by atoms with E-state index < -0.39 is 0 Å². The summed E-state index contributed by atoms with van der Waals surface area (Å²) >= 11 is 0. The minimum atomic E-state index is 0.162. The summed E-state index contributed by atoms with van der Waals surface area (Å²) in [5.74, 6) is 1.57. The van der Waals surface area contributed by atoms with E-state index in [0.717, 1.165) is 50.5 Å². The molecule has 0 radical (unpaired) electrons. The number of benzene rings is 2. The first-order valence-electron chi connectivity index (χ1n) is 10.3. The Kier molecular flexibility index (Phi) is 7.75. The summed E-state index contributed by atoms with van der Waals surface area (Å²) in [6, 6.07) is 14.1. The van der Waals surface area contributed by atoms with E-state index in [0.29, 0.717) is 18.4 Å². The van der Waals surface area contributed by atoms with E-state index >= 15 is 0 Å². The summed E-state index contributed by atoms with van der Waals surface area (Å²) in [6.07, 6.45) is 0.756. The maximum Gasteiger partial charge on any atom is 0.160 e. The number of piperazine rings is 1. The predicted molar refractivity (Wildman–Crippen MR) is 113 cm³/mol. The topological polar surface area (TPSA) is 65.4 Å². The van der Waals surface area contributed by atoms with Gasteiger partial charge in [-0.05, 0) is 48.7 Å². The van der Waals surface area contributed by atoms with E-state index in [2.05, 4.69) is 21.9 Å². The van der Waals surface area contributed by atoms with Gasteiger partial charge in [0.1, 0.15) is 5.75 Å². The zero-order valence-electron chi connectivity index (χ0n) is 17.4. The Balaban J connectivity index is 1.61. The molecule has 0 aliphatic carbocycles. The molecule has 1 unspecified atom stereocenters. The molecule has 2 aromatic rings. The van der Waals surface area contributed by atoms with Gasteiger partial charge in [0.25, 0.3) is 0 Å². The number of phenols is 1. The van der Waals surface area contributed by atoms with Crippen LogP contribution in [0.1, 0.15) is 24.5 Å². The molecule has 3 rings (SSSR count). The number of hydrogen-bond acceptors (Lipinski definition) is 6. The monoisotopic (exact) mass is 400 g/mol. The summed E-state index contributed by atoms with van der Waals surface area (Å²) < 4.78 is 10.7. The van der Waals surface area contributed by atoms with Crippen molar-refractivity contribution in [3.05, 3.63) is 53.6 Å². The van der Waals surface area contributed by atoms with Gasteiger partial charge in [-0.1, -0.05) is 18.2 Å². The number of methoxy groups -OCH3 is 1. The normalized spacial score (nSPS) is 18.0. The quantitative estimate of drug-likeness (QED) is 0.675. The number of phenolic OH excluding ortho intramolecular Hbond substituents is 1. The standard InChI is InChI=1S/C23H32N2O4/c1-3-29-21-7-4-18(5-8-21)16-25-12-11-24(17-20(25)10-13-26)15-19-6-9-22(27)23(14-19)28-2/h4-9,14,20,26-27H,3,10-13,15-17H2,1-2H3. The fourth-order valence-electron chi connectivity index (χ4n) is 3.90. The maximum absolute atomic E-state index is 9.79. The number of nitrogens with zero attached hydrogens (tertiary/aromatic N) is 2. The second-order valence-electron chi connectivity index (χ2n) is 7.45. The minimum Gasteiger partial charge on any atom is -0.504 e. The van der Waals surface area contributed by atoms with Crippen molar-refractivity contribution in [3.8, 4) is 17.2 Å². The van der Waals surface area contributed by atoms with Gasteiger partial charge in [-0.2, -0.15) is 0 Å². The van der Waals surface area contributed by atoms with Gasteiger partial charge in [0.2, 0.25) is 0 Å². The Morgan fingerprint density at radius 3 is 2.48 bits per heavy atom. The van der Waals surface area contributed by atoms with Crippen molar-refractivity contribution in [1.82, 2.24) is 9.80 Å². The van der Waals surface area contributed by atoms with Crippen molar-refractivity contribution in [2.45, 2.75) is 32.5 Å². The van der Waals surface area contributed by atoms with Crippen LogP contribution >= 0.6 is 0 Å². The molecular weight excluding hydrogens is 368 g/mol. The van der Waals surface area contributed by atoms with E-state index in [-0.39, 0.29) is 12.4 Å². The molecule has 1 atom stereocenters. The highest BCUT2D eigenvalue weighted by atomic mass is 16.5. The lowest BCUT2D eigenvalue weighted by molar-refractivity contribution is 0.0499. The van der Waals surface area contributed by atoms with Crippen LogP contribution in [0.3, 0.4) is 0 Å². The van der Waals surface area contributed by atoms with Crippen LogP contribution in [0.25, 0.3) is 0 Å². The number of aliphatic hydroxyl groups is 1. The first kappa shape index (κ1) is 21.4. The molecule has 0 spiro atoms. The molecule has 1 fully saturated rings. The zero-order valence-corrected chi connectivity index (χ0v) is 17.4. The van der Waals surface area contributed by atoms with Gasteiger partial charge in [0, 0.05) is 45.4 Å². The maximum atomic E-state index is 9.79. The van der Waals surface area contributed by atoms with Crippen LogP contribution in [-0.4, -0.2) is 66.0 Å². The molecule has 0 saturated carbocycles. The van der Waals surface area contributed by atoms with Crippen molar-refractivity contribution >= 4 is 0 Å². The van der Waals surface area contributed by atoms with Crippen LogP contribution in [0.4, 0.5) is 0 Å². The highest BCUT2D eigenvalue weighted by Crippen LogP contribution is 2.27. The Bertz CT molecular complexity index is 766. The molecule has 2 N–H and O–H groups in total. The van der Waals surface area contributed by atoms with Crippen LogP contribution in [0.5, 0.6) is 17.2 Å². The molecule has 1 aliphatic heterocycles. The smallest absolute Gasteiger partial charge is 0.160 e. The average Bonchev–Trinajstić information content (AvgIpc) is 2.73. The van der Waals surface area contributed by atoms with Crippen molar-refractivity contribution < 1.29 is 19.7 Å². The van der Waals surface area contributed by atoms with E-state index in [1.54, 1.807) is 13.2 Å². The molecule has 6 nitrogen and oxygen atoms in total. The molecule has 2 aromatic carbocycles. The number of hydrogen-bond donors (Lipinski definition) is 2. The van der Waals surface area contributed by atoms with Crippen molar-refractivity contribution in [1.29, 1.82) is 0 Å². The van der Waals surface area contributed by atoms with Crippen molar-refractivity contribution in [2.75, 3.05) is 40.0 Å². The van der Waals surface area contributed by atoms with Crippen LogP contribution in [0.2, 0.25) is 0 Å². The molecular formula is C23H32N2O4. The van der Waals surface area contributed by atoms with Gasteiger partial charge >= 0.3 is 0 Å². The largest absolute Gasteiger partial charge is 0.504 e. The first-order chi connectivity index (χ1) is 14.1. The Hall–Kier alpha value is -2.28. The second kappa shape index (κ2) is 10.5. The van der Waals surface area contributed by atoms with Crippen LogP contribution in [0.15, 0.2) is 42.5 Å². The summed E-state index contributed by atoms with van der Waals surface area (Å²) in [5, 5.41) is 19.4. The molecule has 29 heavy (non-hydrogen) atoms. The molecule has 0 bridgehead atoms. The fourth-order valence-corrected chi connectivity index (χ4v) is 3.90. The highest BCUT2D eigenvalue weighted by molar-refractivity contribution is 5.41. The molecule has 1 heterocycles. The van der Waals surface area contributed by atoms with Crippen molar-refractivity contribution in [2.24, 2.45) is 0 Å². The predicted octanol–water partition coefficient (Wildman–Crippen LogP) is 2.87. The number of ether oxygens (including phenoxy) is 2. The van der Waals surface area contributed by atoms with Crippen LogP contribution in [-0.2, 0) is 13.1 Å². The van der Waals surface area contributed by atoms with Gasteiger partial charge in [-0.25, -0.2) is 0 Å². The number of aromatic hydroxyl groups is 1. The van der Waals surface area contributed by atoms with Gasteiger partial charge in [-0.3, -0.25) is 9.80 Å². The van der Waals surface area contributed by atoms with Gasteiger partial charge in [0.05, 0.1) is 13.7 Å². The average molecular weight is 401 g/mol. The second-order valence-corrected chi connectivity index (χ2v) is 7.45. The van der Waals surface area contributed by atoms with Crippen LogP contribution < -0.4 is 9.47 Å². The Morgan fingerprint density at radius 2 is 1.79 bits per heavy atom. The Morgan fingerprint density at radius 1 is 1.03 bits per heavy atom. The molecule has 6 heteroatoms. The third-order valence-electron chi connectivity index (χ3n) is 5.42. The molecule has 0 aromatic heterocycles. The van der Waals surface area contributed by atoms with Crippen molar-refractivity contribution in [3.63, 3.8) is 0 Å². The van der Waals surface area contributed by atoms with E-state index in [1.807, 2.05) is 31.2 Å². The fraction of sp³-hybridized carbons (Fsp3) is 0.478. The Labute approximate surface area is 173 Å². The van der Waals surface area contributed by atoms with Crippen LogP contribution in [0, 0.1) is 0 Å². The number of rotatable bonds is 9. The van der Waals surface area contributed by atoms with Gasteiger partial charge in [0.15, 0.2) is 11.5 Å². The van der Waals surface area contributed by atoms with Gasteiger partial charge < -0.3 is 19.7 Å². The third-order valence-corrected chi connectivity index (χ3v) is 5.42. The summed E-state index contributed by atoms with van der Waals surface area (Å²) in [6.45, 7) is 7.34. The zero-order chi connectivity index (χ0) is 20.6.